The summed E-state index contributed by atoms with van der Waals surface area (Å²) in [5, 5.41) is 5.55. The molecular weight excluding hydrogens is 314 g/mol. The Labute approximate surface area is 132 Å². The molecule has 1 atom stereocenters. The van der Waals surface area contributed by atoms with E-state index >= 15 is 0 Å². The number of carbonyl (C=O) groups excluding carboxylic acids is 2. The third kappa shape index (κ3) is 5.02. The lowest BCUT2D eigenvalue weighted by Gasteiger charge is -2.30. The molecule has 1 rings (SSSR count). The summed E-state index contributed by atoms with van der Waals surface area (Å²) >= 11 is 6.67. The smallest absolute Gasteiger partial charge is 0.248 e. The van der Waals surface area contributed by atoms with Crippen molar-refractivity contribution in [3.63, 3.8) is 0 Å². The van der Waals surface area contributed by atoms with Crippen LogP contribution >= 0.6 is 23.5 Å². The average Bonchev–Trinajstić information content (AvgIpc) is 2.38. The first-order chi connectivity index (χ1) is 9.77. The highest BCUT2D eigenvalue weighted by atomic mass is 35.5. The van der Waals surface area contributed by atoms with Crippen LogP contribution in [0.4, 0.5) is 5.69 Å². The van der Waals surface area contributed by atoms with Gasteiger partial charge in [0, 0.05) is 23.5 Å². The number of para-hydroxylation sites is 1. The fraction of sp³-hybridized carbons (Fsp3) is 0.385. The van der Waals surface area contributed by atoms with Crippen molar-refractivity contribution in [1.29, 1.82) is 0 Å². The molecule has 0 heterocycles. The first kappa shape index (κ1) is 17.5. The standard InChI is InChI=1S/C13H16ClN3O3S/c1-8(18)15-11(13(2,3)21-17-20)12(19)16-10-7-5-4-6-9(10)14/h4-7,11H,1-3H3,(H,15,18)(H,16,19). The largest absolute Gasteiger partial charge is 0.343 e. The van der Waals surface area contributed by atoms with Gasteiger partial charge in [0.25, 0.3) is 0 Å². The number of amides is 2. The molecular formula is C13H16ClN3O3S. The molecule has 0 aliphatic rings. The highest BCUT2D eigenvalue weighted by molar-refractivity contribution is 7.99. The molecule has 0 aromatic heterocycles. The lowest BCUT2D eigenvalue weighted by atomic mass is 10.0. The van der Waals surface area contributed by atoms with Gasteiger partial charge in [-0.05, 0) is 26.0 Å². The van der Waals surface area contributed by atoms with Crippen LogP contribution in [-0.4, -0.2) is 22.6 Å². The Morgan fingerprint density at radius 2 is 1.95 bits per heavy atom. The van der Waals surface area contributed by atoms with Crippen LogP contribution in [0.1, 0.15) is 20.8 Å². The number of benzene rings is 1. The fourth-order valence-electron chi connectivity index (χ4n) is 1.67. The van der Waals surface area contributed by atoms with Gasteiger partial charge in [-0.3, -0.25) is 9.59 Å². The molecule has 1 aromatic rings. The summed E-state index contributed by atoms with van der Waals surface area (Å²) in [5.41, 5.74) is 0.430. The summed E-state index contributed by atoms with van der Waals surface area (Å²) in [6.07, 6.45) is 0. The highest BCUT2D eigenvalue weighted by Gasteiger charge is 2.38. The molecule has 8 heteroatoms. The van der Waals surface area contributed by atoms with Crippen molar-refractivity contribution < 1.29 is 9.59 Å². The van der Waals surface area contributed by atoms with Crippen LogP contribution in [0.5, 0.6) is 0 Å². The van der Waals surface area contributed by atoms with E-state index in [0.717, 1.165) is 0 Å². The fourth-order valence-corrected chi connectivity index (χ4v) is 2.32. The summed E-state index contributed by atoms with van der Waals surface area (Å²) in [4.78, 5) is 34.2. The van der Waals surface area contributed by atoms with Crippen molar-refractivity contribution in [1.82, 2.24) is 5.32 Å². The van der Waals surface area contributed by atoms with Crippen LogP contribution in [0.25, 0.3) is 0 Å². The highest BCUT2D eigenvalue weighted by Crippen LogP contribution is 2.30. The predicted molar refractivity (Wildman–Crippen MR) is 85.2 cm³/mol. The summed E-state index contributed by atoms with van der Waals surface area (Å²) in [7, 11) is 0. The zero-order chi connectivity index (χ0) is 16.0. The van der Waals surface area contributed by atoms with Gasteiger partial charge in [-0.15, -0.1) is 4.91 Å². The van der Waals surface area contributed by atoms with Gasteiger partial charge in [-0.2, -0.15) is 0 Å². The maximum atomic E-state index is 12.4. The second-order valence-corrected chi connectivity index (χ2v) is 6.66. The molecule has 114 valence electrons. The minimum atomic E-state index is -0.936. The van der Waals surface area contributed by atoms with Gasteiger partial charge in [0.1, 0.15) is 6.04 Å². The number of hydrogen-bond donors (Lipinski definition) is 2. The van der Waals surface area contributed by atoms with Gasteiger partial charge in [-0.1, -0.05) is 23.7 Å². The van der Waals surface area contributed by atoms with E-state index in [1.807, 2.05) is 0 Å². The zero-order valence-corrected chi connectivity index (χ0v) is 13.4. The molecule has 1 aromatic carbocycles. The molecule has 1 unspecified atom stereocenters. The van der Waals surface area contributed by atoms with E-state index in [4.69, 9.17) is 11.6 Å². The van der Waals surface area contributed by atoms with Gasteiger partial charge in [0.05, 0.1) is 15.5 Å². The third-order valence-electron chi connectivity index (χ3n) is 2.71. The van der Waals surface area contributed by atoms with Gasteiger partial charge in [0.15, 0.2) is 0 Å². The third-order valence-corrected chi connectivity index (χ3v) is 3.82. The molecule has 2 N–H and O–H groups in total. The number of hydrogen-bond acceptors (Lipinski definition) is 5. The molecule has 2 amide bonds. The van der Waals surface area contributed by atoms with Crippen molar-refractivity contribution in [2.24, 2.45) is 4.58 Å². The molecule has 0 spiro atoms. The van der Waals surface area contributed by atoms with Crippen LogP contribution in [0, 0.1) is 4.91 Å². The predicted octanol–water partition coefficient (Wildman–Crippen LogP) is 2.98. The van der Waals surface area contributed by atoms with Gasteiger partial charge < -0.3 is 10.6 Å². The molecule has 0 saturated carbocycles. The maximum Gasteiger partial charge on any atom is 0.248 e. The van der Waals surface area contributed by atoms with E-state index in [9.17, 15) is 14.5 Å². The summed E-state index contributed by atoms with van der Waals surface area (Å²) in [5.74, 6) is -0.853. The minimum Gasteiger partial charge on any atom is -0.343 e. The molecule has 0 saturated heterocycles. The first-order valence-electron chi connectivity index (χ1n) is 6.11. The van der Waals surface area contributed by atoms with Crippen LogP contribution in [0.3, 0.4) is 0 Å². The quantitative estimate of drug-likeness (QED) is 0.620. The number of nitrogens with zero attached hydrogens (tertiary/aromatic N) is 1. The molecule has 0 aliphatic carbocycles. The maximum absolute atomic E-state index is 12.4. The van der Waals surface area contributed by atoms with Gasteiger partial charge in [0.2, 0.25) is 11.8 Å². The Kier molecular flexibility index (Phi) is 6.17. The number of anilines is 1. The average molecular weight is 330 g/mol. The summed E-state index contributed by atoms with van der Waals surface area (Å²) in [6.45, 7) is 4.59. The minimum absolute atomic E-state index is 0.381. The van der Waals surface area contributed by atoms with Crippen LogP contribution in [-0.2, 0) is 9.59 Å². The molecule has 0 radical (unpaired) electrons. The molecule has 0 bridgehead atoms. The summed E-state index contributed by atoms with van der Waals surface area (Å²) < 4.78 is 1.85. The van der Waals surface area contributed by atoms with E-state index in [-0.39, 0.29) is 5.91 Å². The second-order valence-electron chi connectivity index (χ2n) is 4.87. The molecule has 0 fully saturated rings. The zero-order valence-electron chi connectivity index (χ0n) is 11.8. The normalized spacial score (nSPS) is 12.4. The first-order valence-corrected chi connectivity index (χ1v) is 7.26. The number of rotatable bonds is 6. The van der Waals surface area contributed by atoms with E-state index in [1.54, 1.807) is 38.1 Å². The van der Waals surface area contributed by atoms with Crippen molar-refractivity contribution in [3.05, 3.63) is 34.2 Å². The lowest BCUT2D eigenvalue weighted by molar-refractivity contribution is -0.125. The van der Waals surface area contributed by atoms with Crippen molar-refractivity contribution >= 4 is 41.1 Å². The number of nitroso groups, excluding NO2 is 1. The van der Waals surface area contributed by atoms with Crippen molar-refractivity contribution in [2.45, 2.75) is 31.6 Å². The monoisotopic (exact) mass is 329 g/mol. The van der Waals surface area contributed by atoms with Crippen molar-refractivity contribution in [3.8, 4) is 0 Å². The van der Waals surface area contributed by atoms with Crippen molar-refractivity contribution in [2.75, 3.05) is 5.32 Å². The molecule has 21 heavy (non-hydrogen) atoms. The number of carbonyl (C=O) groups is 2. The van der Waals surface area contributed by atoms with E-state index in [2.05, 4.69) is 15.2 Å². The lowest BCUT2D eigenvalue weighted by Crippen LogP contribution is -2.53. The Hall–Kier alpha value is -1.60. The summed E-state index contributed by atoms with van der Waals surface area (Å²) in [6, 6.07) is 5.80. The molecule has 0 aliphatic heterocycles. The number of halogens is 1. The van der Waals surface area contributed by atoms with E-state index in [0.29, 0.717) is 22.7 Å². The van der Waals surface area contributed by atoms with Crippen LogP contribution < -0.4 is 10.6 Å². The van der Waals surface area contributed by atoms with E-state index in [1.165, 1.54) is 6.92 Å². The SMILES string of the molecule is CC(=O)NC(C(=O)Nc1ccccc1Cl)C(C)(C)SN=O. The second kappa shape index (κ2) is 7.42. The topological polar surface area (TPSA) is 87.6 Å². The van der Waals surface area contributed by atoms with Crippen LogP contribution in [0.2, 0.25) is 5.02 Å². The Morgan fingerprint density at radius 3 is 2.48 bits per heavy atom. The molecule has 6 nitrogen and oxygen atoms in total. The Balaban J connectivity index is 2.98. The Morgan fingerprint density at radius 1 is 1.33 bits per heavy atom. The Bertz CT molecular complexity index is 551. The van der Waals surface area contributed by atoms with Crippen LogP contribution in [0.15, 0.2) is 28.8 Å². The number of nitrogens with one attached hydrogen (secondary N) is 2. The van der Waals surface area contributed by atoms with E-state index < -0.39 is 16.7 Å². The van der Waals surface area contributed by atoms with Gasteiger partial charge >= 0.3 is 0 Å². The van der Waals surface area contributed by atoms with Gasteiger partial charge in [-0.25, -0.2) is 0 Å².